The molecule has 36 heavy (non-hydrogen) atoms. The molecule has 5 rings (SSSR count). The van der Waals surface area contributed by atoms with Gasteiger partial charge in [-0.1, -0.05) is 24.3 Å². The number of para-hydroxylation sites is 2. The van der Waals surface area contributed by atoms with Crippen molar-refractivity contribution >= 4 is 17.3 Å². The van der Waals surface area contributed by atoms with Crippen LogP contribution in [-0.2, 0) is 6.54 Å². The first-order chi connectivity index (χ1) is 17.6. The molecule has 1 amide bonds. The number of amides is 1. The Bertz CT molecular complexity index is 1150. The molecule has 2 fully saturated rings. The van der Waals surface area contributed by atoms with E-state index < -0.39 is 0 Å². The largest absolute Gasteiger partial charge is 0.495 e. The van der Waals surface area contributed by atoms with Gasteiger partial charge in [0, 0.05) is 70.2 Å². The molecule has 0 radical (unpaired) electrons. The fraction of sp³-hybridized carbons (Fsp3) is 0.345. The predicted molar refractivity (Wildman–Crippen MR) is 141 cm³/mol. The molecular weight excluding hydrogens is 455 g/mol. The van der Waals surface area contributed by atoms with E-state index >= 15 is 0 Å². The number of anilines is 2. The van der Waals surface area contributed by atoms with E-state index in [4.69, 9.17) is 4.74 Å². The first-order valence-corrected chi connectivity index (χ1v) is 12.6. The Morgan fingerprint density at radius 1 is 0.778 bits per heavy atom. The average molecular weight is 489 g/mol. The van der Waals surface area contributed by atoms with Crippen molar-refractivity contribution in [3.8, 4) is 5.75 Å². The van der Waals surface area contributed by atoms with Gasteiger partial charge < -0.3 is 19.4 Å². The van der Waals surface area contributed by atoms with Crippen molar-refractivity contribution in [3.05, 3.63) is 89.7 Å². The van der Waals surface area contributed by atoms with Crippen LogP contribution in [0, 0.1) is 5.82 Å². The minimum atomic E-state index is -0.230. The summed E-state index contributed by atoms with van der Waals surface area (Å²) in [6.45, 7) is 7.58. The monoisotopic (exact) mass is 488 g/mol. The summed E-state index contributed by atoms with van der Waals surface area (Å²) in [5, 5.41) is 0. The quantitative estimate of drug-likeness (QED) is 0.522. The van der Waals surface area contributed by atoms with Crippen LogP contribution in [-0.4, -0.2) is 75.2 Å². The third-order valence-corrected chi connectivity index (χ3v) is 7.16. The van der Waals surface area contributed by atoms with Gasteiger partial charge in [-0.25, -0.2) is 4.39 Å². The Balaban J connectivity index is 1.11. The average Bonchev–Trinajstić information content (AvgIpc) is 2.94. The van der Waals surface area contributed by atoms with Crippen LogP contribution in [0.25, 0.3) is 0 Å². The van der Waals surface area contributed by atoms with Crippen molar-refractivity contribution in [3.63, 3.8) is 0 Å². The number of hydrogen-bond donors (Lipinski definition) is 0. The molecule has 0 atom stereocenters. The second-order valence-corrected chi connectivity index (χ2v) is 9.39. The summed E-state index contributed by atoms with van der Waals surface area (Å²) >= 11 is 0. The van der Waals surface area contributed by atoms with E-state index in [-0.39, 0.29) is 11.7 Å². The molecule has 0 aliphatic carbocycles. The molecule has 188 valence electrons. The second-order valence-electron chi connectivity index (χ2n) is 9.39. The van der Waals surface area contributed by atoms with Crippen LogP contribution >= 0.6 is 0 Å². The van der Waals surface area contributed by atoms with Crippen molar-refractivity contribution < 1.29 is 13.9 Å². The lowest BCUT2D eigenvalue weighted by Gasteiger charge is -2.37. The Hall–Kier alpha value is -3.58. The van der Waals surface area contributed by atoms with E-state index in [2.05, 4.69) is 39.0 Å². The number of nitrogens with zero attached hydrogens (tertiary/aromatic N) is 4. The first kappa shape index (κ1) is 24.1. The Kier molecular flexibility index (Phi) is 7.37. The second kappa shape index (κ2) is 11.0. The molecule has 3 aromatic rings. The van der Waals surface area contributed by atoms with Gasteiger partial charge in [0.25, 0.3) is 5.91 Å². The smallest absolute Gasteiger partial charge is 0.253 e. The van der Waals surface area contributed by atoms with Crippen LogP contribution in [0.4, 0.5) is 15.8 Å². The number of ether oxygens (including phenoxy) is 1. The van der Waals surface area contributed by atoms with Gasteiger partial charge in [0.15, 0.2) is 0 Å². The lowest BCUT2D eigenvalue weighted by atomic mass is 10.1. The van der Waals surface area contributed by atoms with Gasteiger partial charge in [-0.05, 0) is 54.1 Å². The zero-order valence-corrected chi connectivity index (χ0v) is 20.8. The molecule has 6 nitrogen and oxygen atoms in total. The first-order valence-electron chi connectivity index (χ1n) is 12.6. The summed E-state index contributed by atoms with van der Waals surface area (Å²) in [6.07, 6.45) is 0. The van der Waals surface area contributed by atoms with E-state index in [1.807, 2.05) is 29.2 Å². The summed E-state index contributed by atoms with van der Waals surface area (Å²) in [4.78, 5) is 22.0. The topological polar surface area (TPSA) is 39.3 Å². The number of halogens is 1. The van der Waals surface area contributed by atoms with Crippen LogP contribution < -0.4 is 14.5 Å². The highest BCUT2D eigenvalue weighted by Gasteiger charge is 2.23. The maximum atomic E-state index is 13.2. The van der Waals surface area contributed by atoms with E-state index in [1.165, 1.54) is 17.7 Å². The van der Waals surface area contributed by atoms with Gasteiger partial charge >= 0.3 is 0 Å². The van der Waals surface area contributed by atoms with Crippen molar-refractivity contribution in [2.45, 2.75) is 6.54 Å². The highest BCUT2D eigenvalue weighted by atomic mass is 19.1. The summed E-state index contributed by atoms with van der Waals surface area (Å²) in [5.74, 6) is 0.764. The zero-order chi connectivity index (χ0) is 24.9. The van der Waals surface area contributed by atoms with Gasteiger partial charge in [-0.3, -0.25) is 9.69 Å². The molecule has 2 aliphatic heterocycles. The van der Waals surface area contributed by atoms with Crippen molar-refractivity contribution in [1.29, 1.82) is 0 Å². The molecule has 7 heteroatoms. The Labute approximate surface area is 212 Å². The van der Waals surface area contributed by atoms with Crippen LogP contribution in [0.2, 0.25) is 0 Å². The van der Waals surface area contributed by atoms with E-state index in [1.54, 1.807) is 19.2 Å². The summed E-state index contributed by atoms with van der Waals surface area (Å²) in [6, 6.07) is 22.8. The number of rotatable bonds is 6. The number of hydrogen-bond acceptors (Lipinski definition) is 5. The lowest BCUT2D eigenvalue weighted by molar-refractivity contribution is 0.0746. The zero-order valence-electron chi connectivity index (χ0n) is 20.8. The lowest BCUT2D eigenvalue weighted by Crippen LogP contribution is -2.48. The van der Waals surface area contributed by atoms with Gasteiger partial charge in [0.05, 0.1) is 12.8 Å². The molecule has 0 saturated carbocycles. The molecular formula is C29H33FN4O2. The summed E-state index contributed by atoms with van der Waals surface area (Å²) in [7, 11) is 1.72. The van der Waals surface area contributed by atoms with E-state index in [0.29, 0.717) is 13.1 Å². The normalized spacial score (nSPS) is 16.8. The number of carbonyl (C=O) groups is 1. The number of methoxy groups -OCH3 is 1. The molecule has 0 N–H and O–H groups in total. The van der Waals surface area contributed by atoms with Crippen molar-refractivity contribution in [1.82, 2.24) is 9.80 Å². The molecule has 0 bridgehead atoms. The van der Waals surface area contributed by atoms with Crippen LogP contribution in [0.1, 0.15) is 15.9 Å². The van der Waals surface area contributed by atoms with Crippen molar-refractivity contribution in [2.24, 2.45) is 0 Å². The van der Waals surface area contributed by atoms with E-state index in [9.17, 15) is 9.18 Å². The molecule has 0 aromatic heterocycles. The number of carbonyl (C=O) groups excluding carboxylic acids is 1. The van der Waals surface area contributed by atoms with Crippen LogP contribution in [0.15, 0.2) is 72.8 Å². The molecule has 2 aliphatic rings. The highest BCUT2D eigenvalue weighted by molar-refractivity contribution is 5.94. The molecule has 2 heterocycles. The van der Waals surface area contributed by atoms with Gasteiger partial charge in [-0.2, -0.15) is 0 Å². The van der Waals surface area contributed by atoms with Gasteiger partial charge in [0.1, 0.15) is 11.6 Å². The predicted octanol–water partition coefficient (Wildman–Crippen LogP) is 4.12. The van der Waals surface area contributed by atoms with Crippen LogP contribution in [0.3, 0.4) is 0 Å². The maximum Gasteiger partial charge on any atom is 0.253 e. The third kappa shape index (κ3) is 5.46. The van der Waals surface area contributed by atoms with E-state index in [0.717, 1.165) is 68.5 Å². The number of benzene rings is 3. The van der Waals surface area contributed by atoms with Crippen LogP contribution in [0.5, 0.6) is 5.75 Å². The Morgan fingerprint density at radius 2 is 1.42 bits per heavy atom. The fourth-order valence-electron chi connectivity index (χ4n) is 5.05. The maximum absolute atomic E-state index is 13.2. The minimum Gasteiger partial charge on any atom is -0.495 e. The standard InChI is InChI=1S/C29H33FN4O2/c1-36-28-5-3-2-4-27(28)33-16-14-31(15-17-33)22-23-6-8-24(9-7-23)29(35)34-20-18-32(19-21-34)26-12-10-25(30)11-13-26/h2-13H,14-22H2,1H3. The summed E-state index contributed by atoms with van der Waals surface area (Å²) < 4.78 is 18.7. The molecule has 0 unspecified atom stereocenters. The molecule has 0 spiro atoms. The third-order valence-electron chi connectivity index (χ3n) is 7.16. The number of piperazine rings is 2. The van der Waals surface area contributed by atoms with Crippen molar-refractivity contribution in [2.75, 3.05) is 69.3 Å². The highest BCUT2D eigenvalue weighted by Crippen LogP contribution is 2.28. The van der Waals surface area contributed by atoms with Gasteiger partial charge in [-0.15, -0.1) is 0 Å². The minimum absolute atomic E-state index is 0.0747. The molecule has 3 aromatic carbocycles. The Morgan fingerprint density at radius 3 is 2.08 bits per heavy atom. The van der Waals surface area contributed by atoms with Gasteiger partial charge in [0.2, 0.25) is 0 Å². The molecule has 2 saturated heterocycles. The summed E-state index contributed by atoms with van der Waals surface area (Å²) in [5.41, 5.74) is 4.10. The fourth-order valence-corrected chi connectivity index (χ4v) is 5.05. The SMILES string of the molecule is COc1ccccc1N1CCN(Cc2ccc(C(=O)N3CCN(c4ccc(F)cc4)CC3)cc2)CC1.